The van der Waals surface area contributed by atoms with Gasteiger partial charge in [0.1, 0.15) is 0 Å². The molecule has 0 aliphatic carbocycles. The summed E-state index contributed by atoms with van der Waals surface area (Å²) < 4.78 is 0. The normalized spacial score (nSPS) is 9.18. The van der Waals surface area contributed by atoms with E-state index in [0.29, 0.717) is 5.56 Å². The van der Waals surface area contributed by atoms with E-state index in [0.717, 1.165) is 0 Å². The van der Waals surface area contributed by atoms with Crippen LogP contribution >= 0.6 is 23.2 Å². The average molecular weight is 187 g/mol. The molecule has 1 aromatic carbocycles. The van der Waals surface area contributed by atoms with Crippen molar-refractivity contribution in [2.45, 2.75) is 0 Å². The van der Waals surface area contributed by atoms with Gasteiger partial charge in [0, 0.05) is 5.56 Å². The molecule has 0 amide bonds. The monoisotopic (exact) mass is 186 g/mol. The van der Waals surface area contributed by atoms with E-state index in [1.165, 1.54) is 6.07 Å². The van der Waals surface area contributed by atoms with Gasteiger partial charge >= 0.3 is 0 Å². The van der Waals surface area contributed by atoms with Crippen LogP contribution in [0.4, 0.5) is 0 Å². The number of phenolic OH excluding ortho intramolecular Hbond substituents is 1. The molecule has 11 heavy (non-hydrogen) atoms. The molecule has 1 rings (SSSR count). The number of hydrogen-bond donors (Lipinski definition) is 1. The molecular formula is C8H4Cl2O. The Labute approximate surface area is 74.6 Å². The van der Waals surface area contributed by atoms with Gasteiger partial charge in [-0.2, -0.15) is 0 Å². The Morgan fingerprint density at radius 3 is 2.55 bits per heavy atom. The van der Waals surface area contributed by atoms with E-state index in [4.69, 9.17) is 34.7 Å². The molecule has 0 spiro atoms. The van der Waals surface area contributed by atoms with Crippen LogP contribution < -0.4 is 0 Å². The van der Waals surface area contributed by atoms with Crippen molar-refractivity contribution in [1.82, 2.24) is 0 Å². The summed E-state index contributed by atoms with van der Waals surface area (Å²) in [5.41, 5.74) is 0.438. The van der Waals surface area contributed by atoms with E-state index >= 15 is 0 Å². The summed E-state index contributed by atoms with van der Waals surface area (Å²) in [6.07, 6.45) is 5.08. The fourth-order valence-electron chi connectivity index (χ4n) is 0.652. The van der Waals surface area contributed by atoms with Gasteiger partial charge < -0.3 is 5.11 Å². The third-order valence-corrected chi connectivity index (χ3v) is 1.91. The SMILES string of the molecule is C#Cc1ccc(Cl)c(O)c1Cl. The molecule has 0 unspecified atom stereocenters. The van der Waals surface area contributed by atoms with Crippen molar-refractivity contribution < 1.29 is 5.11 Å². The minimum atomic E-state index is -0.163. The molecule has 1 nitrogen and oxygen atoms in total. The third kappa shape index (κ3) is 1.42. The van der Waals surface area contributed by atoms with Crippen LogP contribution in [0.3, 0.4) is 0 Å². The first-order valence-corrected chi connectivity index (χ1v) is 3.56. The highest BCUT2D eigenvalue weighted by Crippen LogP contribution is 2.33. The Morgan fingerprint density at radius 1 is 1.36 bits per heavy atom. The van der Waals surface area contributed by atoms with Gasteiger partial charge in [0.2, 0.25) is 0 Å². The molecule has 0 heterocycles. The number of halogens is 2. The van der Waals surface area contributed by atoms with E-state index in [1.807, 2.05) is 0 Å². The number of hydrogen-bond acceptors (Lipinski definition) is 1. The quantitative estimate of drug-likeness (QED) is 0.619. The summed E-state index contributed by atoms with van der Waals surface area (Å²) >= 11 is 11.2. The van der Waals surface area contributed by atoms with Crippen molar-refractivity contribution in [2.24, 2.45) is 0 Å². The van der Waals surface area contributed by atoms with Gasteiger partial charge in [-0.1, -0.05) is 29.1 Å². The van der Waals surface area contributed by atoms with Gasteiger partial charge in [-0.15, -0.1) is 6.42 Å². The molecule has 0 aromatic heterocycles. The maximum absolute atomic E-state index is 9.16. The number of terminal acetylenes is 1. The lowest BCUT2D eigenvalue weighted by atomic mass is 10.2. The molecule has 0 saturated carbocycles. The second kappa shape index (κ2) is 3.04. The van der Waals surface area contributed by atoms with Crippen LogP contribution in [0, 0.1) is 12.3 Å². The molecule has 0 atom stereocenters. The van der Waals surface area contributed by atoms with Gasteiger partial charge in [-0.25, -0.2) is 0 Å². The minimum Gasteiger partial charge on any atom is -0.505 e. The largest absolute Gasteiger partial charge is 0.505 e. The van der Waals surface area contributed by atoms with Crippen LogP contribution in [0.2, 0.25) is 10.0 Å². The molecule has 3 heteroatoms. The summed E-state index contributed by atoms with van der Waals surface area (Å²) in [5.74, 6) is 2.15. The molecule has 1 aromatic rings. The van der Waals surface area contributed by atoms with E-state index in [1.54, 1.807) is 6.07 Å². The van der Waals surface area contributed by atoms with Crippen molar-refractivity contribution in [3.63, 3.8) is 0 Å². The second-order valence-electron chi connectivity index (χ2n) is 1.90. The first-order valence-electron chi connectivity index (χ1n) is 2.80. The van der Waals surface area contributed by atoms with Crippen LogP contribution in [0.15, 0.2) is 12.1 Å². The summed E-state index contributed by atoms with van der Waals surface area (Å²) in [6.45, 7) is 0. The highest BCUT2D eigenvalue weighted by molar-refractivity contribution is 6.37. The first kappa shape index (κ1) is 8.26. The Bertz CT molecular complexity index is 326. The summed E-state index contributed by atoms with van der Waals surface area (Å²) in [7, 11) is 0. The molecule has 1 N–H and O–H groups in total. The lowest BCUT2D eigenvalue weighted by Gasteiger charge is -2.00. The maximum atomic E-state index is 9.16. The molecule has 0 radical (unpaired) electrons. The van der Waals surface area contributed by atoms with Crippen molar-refractivity contribution in [3.05, 3.63) is 27.7 Å². The topological polar surface area (TPSA) is 20.2 Å². The zero-order valence-corrected chi connectivity index (χ0v) is 6.95. The highest BCUT2D eigenvalue weighted by atomic mass is 35.5. The Morgan fingerprint density at radius 2 is 2.00 bits per heavy atom. The fraction of sp³-hybridized carbons (Fsp3) is 0. The summed E-state index contributed by atoms with van der Waals surface area (Å²) in [4.78, 5) is 0. The van der Waals surface area contributed by atoms with Crippen LogP contribution in [0.1, 0.15) is 5.56 Å². The number of benzene rings is 1. The molecular weight excluding hydrogens is 183 g/mol. The highest BCUT2D eigenvalue weighted by Gasteiger charge is 2.06. The second-order valence-corrected chi connectivity index (χ2v) is 2.69. The van der Waals surface area contributed by atoms with E-state index in [2.05, 4.69) is 5.92 Å². The number of rotatable bonds is 0. The van der Waals surface area contributed by atoms with Crippen LogP contribution in [0.5, 0.6) is 5.75 Å². The Hall–Kier alpha value is -0.840. The minimum absolute atomic E-state index is 0.125. The van der Waals surface area contributed by atoms with Crippen LogP contribution in [-0.4, -0.2) is 5.11 Å². The number of phenols is 1. The van der Waals surface area contributed by atoms with Crippen molar-refractivity contribution >= 4 is 23.2 Å². The van der Waals surface area contributed by atoms with Gasteiger partial charge in [0.15, 0.2) is 5.75 Å². The molecule has 0 bridgehead atoms. The summed E-state index contributed by atoms with van der Waals surface area (Å²) in [6, 6.07) is 3.07. The molecule has 0 aliphatic heterocycles. The van der Waals surface area contributed by atoms with E-state index < -0.39 is 0 Å². The molecule has 0 saturated heterocycles. The molecule has 0 fully saturated rings. The lowest BCUT2D eigenvalue weighted by molar-refractivity contribution is 0.475. The van der Waals surface area contributed by atoms with Crippen molar-refractivity contribution in [1.29, 1.82) is 0 Å². The lowest BCUT2D eigenvalue weighted by Crippen LogP contribution is -1.77. The van der Waals surface area contributed by atoms with Crippen LogP contribution in [0.25, 0.3) is 0 Å². The maximum Gasteiger partial charge on any atom is 0.154 e. The van der Waals surface area contributed by atoms with Gasteiger partial charge in [0.05, 0.1) is 10.0 Å². The van der Waals surface area contributed by atoms with Gasteiger partial charge in [-0.3, -0.25) is 0 Å². The fourth-order valence-corrected chi connectivity index (χ4v) is 1.08. The van der Waals surface area contributed by atoms with Crippen molar-refractivity contribution in [2.75, 3.05) is 0 Å². The van der Waals surface area contributed by atoms with E-state index in [-0.39, 0.29) is 15.8 Å². The first-order chi connectivity index (χ1) is 5.16. The molecule has 0 aliphatic rings. The standard InChI is InChI=1S/C8H4Cl2O/c1-2-5-3-4-6(9)8(11)7(5)10/h1,3-4,11H. The zero-order chi connectivity index (χ0) is 8.43. The van der Waals surface area contributed by atoms with Gasteiger partial charge in [0.25, 0.3) is 0 Å². The van der Waals surface area contributed by atoms with Crippen molar-refractivity contribution in [3.8, 4) is 18.1 Å². The Balaban J connectivity index is 3.40. The van der Waals surface area contributed by atoms with Gasteiger partial charge in [-0.05, 0) is 12.1 Å². The van der Waals surface area contributed by atoms with Crippen LogP contribution in [-0.2, 0) is 0 Å². The average Bonchev–Trinajstić information content (AvgIpc) is 2.01. The summed E-state index contributed by atoms with van der Waals surface area (Å²) in [5, 5.41) is 9.49. The van der Waals surface area contributed by atoms with E-state index in [9.17, 15) is 0 Å². The third-order valence-electron chi connectivity index (χ3n) is 1.22. The predicted molar refractivity (Wildman–Crippen MR) is 46.1 cm³/mol. The predicted octanol–water partition coefficient (Wildman–Crippen LogP) is 2.68. The zero-order valence-electron chi connectivity index (χ0n) is 5.44. The smallest absolute Gasteiger partial charge is 0.154 e. The number of aromatic hydroxyl groups is 1. The molecule has 56 valence electrons. The Kier molecular flexibility index (Phi) is 2.28.